The molecule has 1 aromatic carbocycles. The Bertz CT molecular complexity index is 627. The predicted molar refractivity (Wildman–Crippen MR) is 100 cm³/mol. The van der Waals surface area contributed by atoms with Crippen molar-refractivity contribution in [2.24, 2.45) is 5.73 Å². The van der Waals surface area contributed by atoms with Crippen LogP contribution in [0.2, 0.25) is 0 Å². The fraction of sp³-hybridized carbons (Fsp3) is 0.667. The zero-order chi connectivity index (χ0) is 17.9. The number of benzene rings is 1. The summed E-state index contributed by atoms with van der Waals surface area (Å²) < 4.78 is 12.3. The quantitative estimate of drug-likeness (QED) is 0.774. The Balaban J connectivity index is 1.56. The Kier molecular flexibility index (Phi) is 5.46. The van der Waals surface area contributed by atoms with Gasteiger partial charge >= 0.3 is 0 Å². The van der Waals surface area contributed by atoms with E-state index in [1.807, 2.05) is 17.0 Å². The standard InChI is InChI=1S/C21H30N2O3/c22-18-5-3-12-23-19(18)14-26-16-9-7-15(8-10-16)17-4-1-2-6-20(17)25-13-11-21(23)24/h1-2,4,6,15-16,18-19H,3,5,7-14,22H2/t15-,16+,18-,19-/m0/s1. The van der Waals surface area contributed by atoms with Crippen molar-refractivity contribution in [1.82, 2.24) is 4.90 Å². The van der Waals surface area contributed by atoms with E-state index in [4.69, 9.17) is 15.2 Å². The van der Waals surface area contributed by atoms with E-state index in [1.54, 1.807) is 0 Å². The number of para-hydroxylation sites is 1. The molecule has 1 aliphatic carbocycles. The van der Waals surface area contributed by atoms with Crippen LogP contribution in [0.5, 0.6) is 5.75 Å². The molecule has 142 valence electrons. The molecule has 1 saturated carbocycles. The van der Waals surface area contributed by atoms with E-state index in [1.165, 1.54) is 5.56 Å². The number of rotatable bonds is 0. The average molecular weight is 358 g/mol. The molecule has 0 aromatic heterocycles. The van der Waals surface area contributed by atoms with Crippen molar-refractivity contribution in [2.45, 2.75) is 69.1 Å². The van der Waals surface area contributed by atoms with Gasteiger partial charge in [0.25, 0.3) is 0 Å². The third-order valence-electron chi connectivity index (χ3n) is 6.26. The molecule has 2 bridgehead atoms. The van der Waals surface area contributed by atoms with Crippen LogP contribution in [0.15, 0.2) is 24.3 Å². The molecule has 0 spiro atoms. The molecule has 3 heterocycles. The van der Waals surface area contributed by atoms with Gasteiger partial charge in [-0.1, -0.05) is 18.2 Å². The smallest absolute Gasteiger partial charge is 0.226 e. The number of amides is 1. The summed E-state index contributed by atoms with van der Waals surface area (Å²) in [5, 5.41) is 0. The number of hydrogen-bond acceptors (Lipinski definition) is 4. The molecule has 0 unspecified atom stereocenters. The summed E-state index contributed by atoms with van der Waals surface area (Å²) in [4.78, 5) is 14.7. The summed E-state index contributed by atoms with van der Waals surface area (Å²) in [6, 6.07) is 8.32. The normalized spacial score (nSPS) is 33.0. The van der Waals surface area contributed by atoms with Crippen LogP contribution in [0.4, 0.5) is 0 Å². The second kappa shape index (κ2) is 7.97. The Morgan fingerprint density at radius 1 is 1.08 bits per heavy atom. The van der Waals surface area contributed by atoms with Gasteiger partial charge in [0.2, 0.25) is 5.91 Å². The van der Waals surface area contributed by atoms with Crippen molar-refractivity contribution < 1.29 is 14.3 Å². The molecule has 2 fully saturated rings. The minimum atomic E-state index is 0.00389. The van der Waals surface area contributed by atoms with Gasteiger partial charge in [-0.05, 0) is 56.1 Å². The zero-order valence-electron chi connectivity index (χ0n) is 15.4. The maximum Gasteiger partial charge on any atom is 0.226 e. The van der Waals surface area contributed by atoms with Crippen molar-refractivity contribution in [1.29, 1.82) is 0 Å². The highest BCUT2D eigenvalue weighted by atomic mass is 16.5. The molecule has 3 aliphatic heterocycles. The van der Waals surface area contributed by atoms with E-state index >= 15 is 0 Å². The van der Waals surface area contributed by atoms with Gasteiger partial charge < -0.3 is 20.1 Å². The predicted octanol–water partition coefficient (Wildman–Crippen LogP) is 2.83. The molecule has 5 heteroatoms. The average Bonchev–Trinajstić information content (AvgIpc) is 2.67. The number of nitrogens with zero attached hydrogens (tertiary/aromatic N) is 1. The molecule has 0 radical (unpaired) electrons. The molecule has 26 heavy (non-hydrogen) atoms. The van der Waals surface area contributed by atoms with Crippen molar-refractivity contribution in [3.8, 4) is 5.75 Å². The van der Waals surface area contributed by atoms with Gasteiger partial charge in [0.05, 0.1) is 31.8 Å². The molecule has 1 aromatic rings. The van der Waals surface area contributed by atoms with Crippen LogP contribution < -0.4 is 10.5 Å². The molecule has 1 amide bonds. The lowest BCUT2D eigenvalue weighted by molar-refractivity contribution is -0.138. The van der Waals surface area contributed by atoms with Gasteiger partial charge in [-0.3, -0.25) is 4.79 Å². The summed E-state index contributed by atoms with van der Waals surface area (Å²) in [6.07, 6.45) is 7.00. The number of nitrogens with two attached hydrogens (primary N) is 1. The number of piperidine rings is 1. The van der Waals surface area contributed by atoms with Gasteiger partial charge in [-0.2, -0.15) is 0 Å². The van der Waals surface area contributed by atoms with E-state index in [9.17, 15) is 4.79 Å². The van der Waals surface area contributed by atoms with Gasteiger partial charge in [0.15, 0.2) is 0 Å². The second-order valence-corrected chi connectivity index (χ2v) is 7.90. The highest BCUT2D eigenvalue weighted by Gasteiger charge is 2.34. The number of carbonyl (C=O) groups excluding carboxylic acids is 1. The van der Waals surface area contributed by atoms with E-state index in [0.717, 1.165) is 50.8 Å². The van der Waals surface area contributed by atoms with E-state index in [-0.39, 0.29) is 24.1 Å². The Morgan fingerprint density at radius 2 is 1.88 bits per heavy atom. The molecule has 5 nitrogen and oxygen atoms in total. The van der Waals surface area contributed by atoms with Crippen LogP contribution in [0.3, 0.4) is 0 Å². The summed E-state index contributed by atoms with van der Waals surface area (Å²) >= 11 is 0. The molecule has 4 aliphatic rings. The van der Waals surface area contributed by atoms with E-state index < -0.39 is 0 Å². The second-order valence-electron chi connectivity index (χ2n) is 7.90. The maximum absolute atomic E-state index is 12.8. The first kappa shape index (κ1) is 17.8. The van der Waals surface area contributed by atoms with Crippen molar-refractivity contribution >= 4 is 5.91 Å². The van der Waals surface area contributed by atoms with Crippen LogP contribution in [0.1, 0.15) is 56.4 Å². The number of fused-ring (bicyclic) bond motifs is 6. The molecule has 2 atom stereocenters. The Hall–Kier alpha value is -1.59. The van der Waals surface area contributed by atoms with Crippen LogP contribution in [0.25, 0.3) is 0 Å². The van der Waals surface area contributed by atoms with Crippen LogP contribution >= 0.6 is 0 Å². The topological polar surface area (TPSA) is 64.8 Å². The molecule has 2 N–H and O–H groups in total. The lowest BCUT2D eigenvalue weighted by atomic mass is 9.82. The van der Waals surface area contributed by atoms with Crippen LogP contribution in [-0.2, 0) is 9.53 Å². The van der Waals surface area contributed by atoms with Crippen molar-refractivity contribution in [2.75, 3.05) is 19.8 Å². The maximum atomic E-state index is 12.8. The van der Waals surface area contributed by atoms with Crippen molar-refractivity contribution in [3.63, 3.8) is 0 Å². The summed E-state index contributed by atoms with van der Waals surface area (Å²) in [5.74, 6) is 1.60. The lowest BCUT2D eigenvalue weighted by Crippen LogP contribution is -2.56. The first-order chi connectivity index (χ1) is 12.7. The number of ether oxygens (including phenoxy) is 2. The molecular formula is C21H30N2O3. The zero-order valence-corrected chi connectivity index (χ0v) is 15.4. The lowest BCUT2D eigenvalue weighted by Gasteiger charge is -2.41. The van der Waals surface area contributed by atoms with Gasteiger partial charge in [0.1, 0.15) is 5.75 Å². The first-order valence-electron chi connectivity index (χ1n) is 10.1. The van der Waals surface area contributed by atoms with Gasteiger partial charge in [0, 0.05) is 12.6 Å². The summed E-state index contributed by atoms with van der Waals surface area (Å²) in [7, 11) is 0. The van der Waals surface area contributed by atoms with Crippen LogP contribution in [-0.4, -0.2) is 48.8 Å². The molecular weight excluding hydrogens is 328 g/mol. The summed E-state index contributed by atoms with van der Waals surface area (Å²) in [6.45, 7) is 1.77. The Labute approximate surface area is 155 Å². The monoisotopic (exact) mass is 358 g/mol. The SMILES string of the molecule is N[C@H]1CCCN2C(=O)CCOc3ccccc3[C@H]3CC[C@H](CC3)OC[C@@H]12. The van der Waals surface area contributed by atoms with Crippen LogP contribution in [0, 0.1) is 0 Å². The molecule has 5 rings (SSSR count). The fourth-order valence-corrected chi connectivity index (χ4v) is 4.73. The number of hydrogen-bond donors (Lipinski definition) is 1. The van der Waals surface area contributed by atoms with Gasteiger partial charge in [-0.25, -0.2) is 0 Å². The molecule has 1 saturated heterocycles. The highest BCUT2D eigenvalue weighted by molar-refractivity contribution is 5.77. The van der Waals surface area contributed by atoms with E-state index in [2.05, 4.69) is 12.1 Å². The first-order valence-corrected chi connectivity index (χ1v) is 10.1. The Morgan fingerprint density at radius 3 is 2.73 bits per heavy atom. The minimum Gasteiger partial charge on any atom is -0.493 e. The highest BCUT2D eigenvalue weighted by Crippen LogP contribution is 2.38. The van der Waals surface area contributed by atoms with E-state index in [0.29, 0.717) is 25.6 Å². The third kappa shape index (κ3) is 3.74. The summed E-state index contributed by atoms with van der Waals surface area (Å²) in [5.41, 5.74) is 7.63. The largest absolute Gasteiger partial charge is 0.493 e. The number of carbonyl (C=O) groups is 1. The van der Waals surface area contributed by atoms with Gasteiger partial charge in [-0.15, -0.1) is 0 Å². The minimum absolute atomic E-state index is 0.00389. The fourth-order valence-electron chi connectivity index (χ4n) is 4.73. The van der Waals surface area contributed by atoms with Crippen molar-refractivity contribution in [3.05, 3.63) is 29.8 Å². The third-order valence-corrected chi connectivity index (χ3v) is 6.26.